The topological polar surface area (TPSA) is 41.1 Å². The largest absolute Gasteiger partial charge is 1.00 e. The molecule has 0 aromatic carbocycles. The van der Waals surface area contributed by atoms with Crippen LogP contribution in [0.25, 0.3) is 0 Å². The van der Waals surface area contributed by atoms with E-state index in [4.69, 9.17) is 0 Å². The fraction of sp³-hybridized carbons (Fsp3) is 0.667. The molecule has 0 aliphatic carbocycles. The van der Waals surface area contributed by atoms with Gasteiger partial charge in [0.25, 0.3) is 0 Å². The summed E-state index contributed by atoms with van der Waals surface area (Å²) in [5, 5.41) is 0. The Labute approximate surface area is 101 Å². The molecule has 1 fully saturated rings. The van der Waals surface area contributed by atoms with Gasteiger partial charge in [0.2, 0.25) is 5.91 Å². The van der Waals surface area contributed by atoms with Gasteiger partial charge in [0, 0.05) is 13.0 Å². The third-order valence-corrected chi connectivity index (χ3v) is 0.705. The molecule has 1 saturated heterocycles. The predicted molar refractivity (Wildman–Crippen MR) is 20.8 cm³/mol. The Morgan fingerprint density at radius 1 is 1.50 bits per heavy atom. The van der Waals surface area contributed by atoms with Gasteiger partial charge in [-0.25, -0.2) is 5.43 Å². The molecule has 5 heteroatoms. The summed E-state index contributed by atoms with van der Waals surface area (Å²) in [4.78, 5) is 10.1. The molecule has 1 heterocycles. The van der Waals surface area contributed by atoms with Crippen molar-refractivity contribution in [2.75, 3.05) is 6.54 Å². The summed E-state index contributed by atoms with van der Waals surface area (Å²) in [7, 11) is 0. The van der Waals surface area contributed by atoms with Gasteiger partial charge in [0.05, 0.1) is 0 Å². The molecule has 0 spiro atoms. The summed E-state index contributed by atoms with van der Waals surface area (Å²) in [6.07, 6.45) is 0.625. The van der Waals surface area contributed by atoms with Crippen molar-refractivity contribution in [1.29, 1.82) is 0 Å². The van der Waals surface area contributed by atoms with Crippen LogP contribution in [-0.2, 0) is 4.79 Å². The summed E-state index contributed by atoms with van der Waals surface area (Å²) in [5.74, 6) is 0.0926. The summed E-state index contributed by atoms with van der Waals surface area (Å²) in [5.41, 5.74) is 5.10. The first-order valence-corrected chi connectivity index (χ1v) is 1.91. The first-order chi connectivity index (χ1) is 2.89. The van der Waals surface area contributed by atoms with E-state index in [9.17, 15) is 4.79 Å². The number of hydrogen-bond donors (Lipinski definition) is 2. The number of nitrogens with one attached hydrogen (secondary N) is 2. The fourth-order valence-corrected chi connectivity index (χ4v) is 0.400. The average molecular weight is 205 g/mol. The molecule has 1 rings (SSSR count). The minimum absolute atomic E-state index is 0. The Bertz CT molecular complexity index is 71.7. The molecule has 1 aliphatic heterocycles. The van der Waals surface area contributed by atoms with Gasteiger partial charge in [-0.2, -0.15) is 0 Å². The molecule has 0 aromatic heterocycles. The average Bonchev–Trinajstić information content (AvgIpc) is 1.86. The van der Waals surface area contributed by atoms with Crippen molar-refractivity contribution in [2.24, 2.45) is 0 Å². The normalized spacial score (nSPS) is 15.8. The van der Waals surface area contributed by atoms with Crippen molar-refractivity contribution in [2.45, 2.75) is 6.42 Å². The van der Waals surface area contributed by atoms with Crippen molar-refractivity contribution in [1.82, 2.24) is 10.9 Å². The van der Waals surface area contributed by atoms with Gasteiger partial charge in [0.15, 0.2) is 0 Å². The smallest absolute Gasteiger partial charge is 1.00 e. The maximum Gasteiger partial charge on any atom is 1.00 e. The standard InChI is InChI=1S/C3H6N2O.BrH.K/c6-3-1-2-4-5-3;;/h4H,1-2H2,(H,5,6);1H;/q;;+1/p-1. The van der Waals surface area contributed by atoms with Crippen molar-refractivity contribution in [3.63, 3.8) is 0 Å². The van der Waals surface area contributed by atoms with Crippen LogP contribution in [0.3, 0.4) is 0 Å². The third kappa shape index (κ3) is 4.43. The summed E-state index contributed by atoms with van der Waals surface area (Å²) < 4.78 is 0. The molecule has 42 valence electrons. The van der Waals surface area contributed by atoms with Crippen LogP contribution in [0.5, 0.6) is 0 Å². The van der Waals surface area contributed by atoms with Crippen LogP contribution in [0.2, 0.25) is 0 Å². The summed E-state index contributed by atoms with van der Waals surface area (Å²) in [6, 6.07) is 0. The van der Waals surface area contributed by atoms with E-state index >= 15 is 0 Å². The van der Waals surface area contributed by atoms with Crippen LogP contribution in [0.15, 0.2) is 0 Å². The van der Waals surface area contributed by atoms with E-state index in [0.29, 0.717) is 6.42 Å². The second-order valence-corrected chi connectivity index (χ2v) is 1.22. The molecule has 8 heavy (non-hydrogen) atoms. The van der Waals surface area contributed by atoms with Crippen molar-refractivity contribution in [3.05, 3.63) is 0 Å². The van der Waals surface area contributed by atoms with Crippen LogP contribution >= 0.6 is 0 Å². The van der Waals surface area contributed by atoms with E-state index < -0.39 is 0 Å². The SMILES string of the molecule is O=C1CCNN1.[Br-].[K+]. The Morgan fingerprint density at radius 2 is 2.12 bits per heavy atom. The molecule has 0 bridgehead atoms. The zero-order chi connectivity index (χ0) is 4.41. The summed E-state index contributed by atoms with van der Waals surface area (Å²) in [6.45, 7) is 0.777. The predicted octanol–water partition coefficient (Wildman–Crippen LogP) is -6.98. The first kappa shape index (κ1) is 12.2. The van der Waals surface area contributed by atoms with Gasteiger partial charge in [0.1, 0.15) is 0 Å². The molecular formula is C3H6BrKN2O. The molecule has 0 aromatic rings. The van der Waals surface area contributed by atoms with E-state index in [1.54, 1.807) is 0 Å². The van der Waals surface area contributed by atoms with Gasteiger partial charge in [-0.3, -0.25) is 10.2 Å². The Hall–Kier alpha value is 1.55. The molecule has 0 unspecified atom stereocenters. The molecular weight excluding hydrogens is 199 g/mol. The zero-order valence-corrected chi connectivity index (χ0v) is 9.41. The van der Waals surface area contributed by atoms with Crippen molar-refractivity contribution in [3.8, 4) is 0 Å². The molecule has 0 saturated carbocycles. The van der Waals surface area contributed by atoms with E-state index in [0.717, 1.165) is 6.54 Å². The number of carbonyl (C=O) groups is 1. The van der Waals surface area contributed by atoms with Crippen LogP contribution in [0, 0.1) is 0 Å². The number of amides is 1. The molecule has 1 amide bonds. The van der Waals surface area contributed by atoms with E-state index in [1.165, 1.54) is 0 Å². The Morgan fingerprint density at radius 3 is 2.25 bits per heavy atom. The minimum Gasteiger partial charge on any atom is -1.00 e. The maximum atomic E-state index is 10.1. The van der Waals surface area contributed by atoms with Gasteiger partial charge >= 0.3 is 51.4 Å². The monoisotopic (exact) mass is 204 g/mol. The Balaban J connectivity index is 0. The number of halogens is 1. The molecule has 2 N–H and O–H groups in total. The van der Waals surface area contributed by atoms with E-state index in [-0.39, 0.29) is 74.3 Å². The zero-order valence-electron chi connectivity index (χ0n) is 4.70. The second kappa shape index (κ2) is 6.66. The number of carbonyl (C=O) groups excluding carboxylic acids is 1. The van der Waals surface area contributed by atoms with E-state index in [1.807, 2.05) is 0 Å². The molecule has 0 atom stereocenters. The minimum atomic E-state index is 0. The number of hydrazine groups is 1. The maximum absolute atomic E-state index is 10.1. The van der Waals surface area contributed by atoms with Crippen LogP contribution in [0.1, 0.15) is 6.42 Å². The number of rotatable bonds is 0. The van der Waals surface area contributed by atoms with Crippen molar-refractivity contribution < 1.29 is 73.2 Å². The van der Waals surface area contributed by atoms with Crippen molar-refractivity contribution >= 4 is 5.91 Å². The van der Waals surface area contributed by atoms with Crippen LogP contribution < -0.4 is 79.2 Å². The fourth-order valence-electron chi connectivity index (χ4n) is 0.400. The van der Waals surface area contributed by atoms with Gasteiger partial charge in [-0.1, -0.05) is 0 Å². The van der Waals surface area contributed by atoms with E-state index in [2.05, 4.69) is 10.9 Å². The van der Waals surface area contributed by atoms with Crippen LogP contribution in [0.4, 0.5) is 0 Å². The Kier molecular flexibility index (Phi) is 10.2. The number of hydrogen-bond acceptors (Lipinski definition) is 2. The van der Waals surface area contributed by atoms with Gasteiger partial charge < -0.3 is 17.0 Å². The third-order valence-electron chi connectivity index (χ3n) is 0.705. The molecule has 3 nitrogen and oxygen atoms in total. The second-order valence-electron chi connectivity index (χ2n) is 1.22. The molecule has 1 aliphatic rings. The van der Waals surface area contributed by atoms with Gasteiger partial charge in [-0.05, 0) is 0 Å². The van der Waals surface area contributed by atoms with Crippen LogP contribution in [-0.4, -0.2) is 12.5 Å². The van der Waals surface area contributed by atoms with Gasteiger partial charge in [-0.15, -0.1) is 0 Å². The first-order valence-electron chi connectivity index (χ1n) is 1.91. The quantitative estimate of drug-likeness (QED) is 0.386. The summed E-state index contributed by atoms with van der Waals surface area (Å²) >= 11 is 0. The molecule has 0 radical (unpaired) electrons.